The van der Waals surface area contributed by atoms with Crippen LogP contribution in [0.5, 0.6) is 0 Å². The molecule has 0 spiro atoms. The summed E-state index contributed by atoms with van der Waals surface area (Å²) < 4.78 is 5.30. The number of nitrogens with two attached hydrogens (primary N) is 1. The summed E-state index contributed by atoms with van der Waals surface area (Å²) in [5.41, 5.74) is 7.53. The first kappa shape index (κ1) is 9.34. The largest absolute Gasteiger partial charge is 0.399 e. The van der Waals surface area contributed by atoms with Crippen molar-refractivity contribution in [3.8, 4) is 0 Å². The second kappa shape index (κ2) is 4.33. The van der Waals surface area contributed by atoms with E-state index in [-0.39, 0.29) is 0 Å². The Bertz CT molecular complexity index is 278. The third-order valence-corrected chi connectivity index (χ3v) is 2.53. The number of hydrogen-bond donors (Lipinski definition) is 2. The minimum atomic E-state index is 0.660. The Morgan fingerprint density at radius 1 is 1.36 bits per heavy atom. The maximum atomic E-state index is 5.60. The van der Waals surface area contributed by atoms with Crippen molar-refractivity contribution in [2.45, 2.75) is 6.42 Å². The van der Waals surface area contributed by atoms with Crippen LogP contribution in [0.4, 0.5) is 11.4 Å². The third-order valence-electron chi connectivity index (χ3n) is 2.53. The Morgan fingerprint density at radius 2 is 2.14 bits per heavy atom. The molecular weight excluding hydrogens is 176 g/mol. The van der Waals surface area contributed by atoms with Crippen LogP contribution < -0.4 is 11.1 Å². The lowest BCUT2D eigenvalue weighted by Gasteiger charge is -2.10. The zero-order valence-electron chi connectivity index (χ0n) is 8.20. The molecule has 1 aromatic carbocycles. The number of hydrogen-bond acceptors (Lipinski definition) is 3. The zero-order chi connectivity index (χ0) is 9.80. The highest BCUT2D eigenvalue weighted by molar-refractivity contribution is 5.51. The Balaban J connectivity index is 1.82. The van der Waals surface area contributed by atoms with Crippen LogP contribution in [0.2, 0.25) is 0 Å². The quantitative estimate of drug-likeness (QED) is 0.717. The average Bonchev–Trinajstić information content (AvgIpc) is 2.70. The molecule has 0 aliphatic carbocycles. The van der Waals surface area contributed by atoms with Gasteiger partial charge in [-0.05, 0) is 30.7 Å². The fourth-order valence-corrected chi connectivity index (χ4v) is 1.61. The summed E-state index contributed by atoms with van der Waals surface area (Å²) in [5, 5.41) is 3.38. The lowest BCUT2D eigenvalue weighted by atomic mass is 10.1. The van der Waals surface area contributed by atoms with Gasteiger partial charge in [0, 0.05) is 30.4 Å². The summed E-state index contributed by atoms with van der Waals surface area (Å²) in [6.45, 7) is 2.79. The topological polar surface area (TPSA) is 47.3 Å². The molecular formula is C11H16N2O. The van der Waals surface area contributed by atoms with Crippen LogP contribution in [0.1, 0.15) is 6.42 Å². The number of benzene rings is 1. The Labute approximate surface area is 84.3 Å². The highest BCUT2D eigenvalue weighted by Gasteiger charge is 2.14. The fourth-order valence-electron chi connectivity index (χ4n) is 1.61. The minimum Gasteiger partial charge on any atom is -0.399 e. The molecule has 3 N–H and O–H groups in total. The molecule has 0 amide bonds. The van der Waals surface area contributed by atoms with Gasteiger partial charge in [-0.2, -0.15) is 0 Å². The van der Waals surface area contributed by atoms with Crippen molar-refractivity contribution in [1.29, 1.82) is 0 Å². The van der Waals surface area contributed by atoms with Crippen molar-refractivity contribution in [2.75, 3.05) is 30.8 Å². The van der Waals surface area contributed by atoms with Crippen molar-refractivity contribution in [3.05, 3.63) is 24.3 Å². The lowest BCUT2D eigenvalue weighted by molar-refractivity contribution is 0.187. The Kier molecular flexibility index (Phi) is 2.89. The molecule has 1 aliphatic rings. The van der Waals surface area contributed by atoms with E-state index >= 15 is 0 Å². The third kappa shape index (κ3) is 2.39. The molecule has 0 aromatic heterocycles. The van der Waals surface area contributed by atoms with Gasteiger partial charge in [0.15, 0.2) is 0 Å². The van der Waals surface area contributed by atoms with Gasteiger partial charge in [0.1, 0.15) is 0 Å². The van der Waals surface area contributed by atoms with Crippen LogP contribution in [-0.2, 0) is 4.74 Å². The van der Waals surface area contributed by atoms with Crippen LogP contribution in [-0.4, -0.2) is 19.8 Å². The summed E-state index contributed by atoms with van der Waals surface area (Å²) in [6, 6.07) is 7.83. The van der Waals surface area contributed by atoms with Crippen molar-refractivity contribution in [3.63, 3.8) is 0 Å². The molecule has 1 aliphatic heterocycles. The van der Waals surface area contributed by atoms with E-state index in [2.05, 4.69) is 5.32 Å². The van der Waals surface area contributed by atoms with Crippen LogP contribution in [0.15, 0.2) is 24.3 Å². The molecule has 0 bridgehead atoms. The number of anilines is 2. The number of nitrogen functional groups attached to an aromatic ring is 1. The molecule has 0 radical (unpaired) electrons. The first-order valence-electron chi connectivity index (χ1n) is 5.02. The highest BCUT2D eigenvalue weighted by atomic mass is 16.5. The van der Waals surface area contributed by atoms with E-state index in [9.17, 15) is 0 Å². The molecule has 1 unspecified atom stereocenters. The average molecular weight is 192 g/mol. The molecule has 1 aromatic rings. The number of nitrogens with one attached hydrogen (secondary N) is 1. The summed E-state index contributed by atoms with van der Waals surface area (Å²) in [4.78, 5) is 0. The van der Waals surface area contributed by atoms with Crippen molar-refractivity contribution < 1.29 is 4.74 Å². The molecule has 3 nitrogen and oxygen atoms in total. The maximum Gasteiger partial charge on any atom is 0.0511 e. The predicted octanol–water partition coefficient (Wildman–Crippen LogP) is 1.72. The first-order valence-corrected chi connectivity index (χ1v) is 5.02. The van der Waals surface area contributed by atoms with Gasteiger partial charge in [-0.25, -0.2) is 0 Å². The van der Waals surface area contributed by atoms with Gasteiger partial charge in [0.05, 0.1) is 6.61 Å². The van der Waals surface area contributed by atoms with Crippen LogP contribution in [0.25, 0.3) is 0 Å². The SMILES string of the molecule is Nc1ccc(NCC2CCOC2)cc1. The molecule has 1 fully saturated rings. The van der Waals surface area contributed by atoms with Gasteiger partial charge in [-0.3, -0.25) is 0 Å². The molecule has 1 atom stereocenters. The van der Waals surface area contributed by atoms with Gasteiger partial charge in [-0.1, -0.05) is 0 Å². The first-order chi connectivity index (χ1) is 6.84. The second-order valence-electron chi connectivity index (χ2n) is 3.73. The standard InChI is InChI=1S/C11H16N2O/c12-10-1-3-11(4-2-10)13-7-9-5-6-14-8-9/h1-4,9,13H,5-8,12H2. The summed E-state index contributed by atoms with van der Waals surface area (Å²) >= 11 is 0. The Hall–Kier alpha value is -1.22. The summed E-state index contributed by atoms with van der Waals surface area (Å²) in [6.07, 6.45) is 1.17. The van der Waals surface area contributed by atoms with E-state index in [1.807, 2.05) is 24.3 Å². The lowest BCUT2D eigenvalue weighted by Crippen LogP contribution is -2.13. The molecule has 1 saturated heterocycles. The second-order valence-corrected chi connectivity index (χ2v) is 3.73. The van der Waals surface area contributed by atoms with Crippen molar-refractivity contribution in [2.24, 2.45) is 5.92 Å². The van der Waals surface area contributed by atoms with Gasteiger partial charge >= 0.3 is 0 Å². The van der Waals surface area contributed by atoms with Crippen LogP contribution in [0.3, 0.4) is 0 Å². The molecule has 1 heterocycles. The van der Waals surface area contributed by atoms with Gasteiger partial charge < -0.3 is 15.8 Å². The maximum absolute atomic E-state index is 5.60. The number of rotatable bonds is 3. The smallest absolute Gasteiger partial charge is 0.0511 e. The highest BCUT2D eigenvalue weighted by Crippen LogP contribution is 2.15. The van der Waals surface area contributed by atoms with E-state index in [0.717, 1.165) is 31.1 Å². The van der Waals surface area contributed by atoms with Crippen molar-refractivity contribution >= 4 is 11.4 Å². The predicted molar refractivity (Wildman–Crippen MR) is 58.3 cm³/mol. The monoisotopic (exact) mass is 192 g/mol. The normalized spacial score (nSPS) is 21.0. The number of ether oxygens (including phenoxy) is 1. The Morgan fingerprint density at radius 3 is 2.79 bits per heavy atom. The van der Waals surface area contributed by atoms with Gasteiger partial charge in [-0.15, -0.1) is 0 Å². The van der Waals surface area contributed by atoms with E-state index in [0.29, 0.717) is 5.92 Å². The summed E-state index contributed by atoms with van der Waals surface area (Å²) in [7, 11) is 0. The van der Waals surface area contributed by atoms with Crippen LogP contribution >= 0.6 is 0 Å². The van der Waals surface area contributed by atoms with Gasteiger partial charge in [0.2, 0.25) is 0 Å². The van der Waals surface area contributed by atoms with Crippen molar-refractivity contribution in [1.82, 2.24) is 0 Å². The van der Waals surface area contributed by atoms with Crippen LogP contribution in [0, 0.1) is 5.92 Å². The minimum absolute atomic E-state index is 0.660. The van der Waals surface area contributed by atoms with Gasteiger partial charge in [0.25, 0.3) is 0 Å². The van der Waals surface area contributed by atoms with E-state index in [1.165, 1.54) is 6.42 Å². The van der Waals surface area contributed by atoms with E-state index < -0.39 is 0 Å². The summed E-state index contributed by atoms with van der Waals surface area (Å²) in [5.74, 6) is 0.660. The van der Waals surface area contributed by atoms with E-state index in [1.54, 1.807) is 0 Å². The molecule has 14 heavy (non-hydrogen) atoms. The van der Waals surface area contributed by atoms with E-state index in [4.69, 9.17) is 10.5 Å². The fraction of sp³-hybridized carbons (Fsp3) is 0.455. The molecule has 3 heteroatoms. The molecule has 76 valence electrons. The zero-order valence-corrected chi connectivity index (χ0v) is 8.20. The molecule has 0 saturated carbocycles. The molecule has 2 rings (SSSR count).